The van der Waals surface area contributed by atoms with Crippen LogP contribution in [0.15, 0.2) is 0 Å². The summed E-state index contributed by atoms with van der Waals surface area (Å²) in [4.78, 5) is 10.8. The van der Waals surface area contributed by atoms with Crippen molar-refractivity contribution in [1.82, 2.24) is 0 Å². The van der Waals surface area contributed by atoms with Gasteiger partial charge in [-0.3, -0.25) is 0 Å². The van der Waals surface area contributed by atoms with Crippen LogP contribution in [0.25, 0.3) is 0 Å². The highest BCUT2D eigenvalue weighted by molar-refractivity contribution is 5.58. The van der Waals surface area contributed by atoms with Crippen LogP contribution in [0.1, 0.15) is 47.0 Å². The maximum atomic E-state index is 10.8. The fraction of sp³-hybridized carbons (Fsp3) is 0.900. The first-order valence-electron chi connectivity index (χ1n) is 4.57. The normalized spacial score (nSPS) is 18.9. The van der Waals surface area contributed by atoms with E-state index in [2.05, 4.69) is 27.7 Å². The molecule has 2 atom stereocenters. The van der Waals surface area contributed by atoms with Crippen molar-refractivity contribution >= 4 is 6.29 Å². The van der Waals surface area contributed by atoms with Gasteiger partial charge >= 0.3 is 0 Å². The molecule has 0 bridgehead atoms. The van der Waals surface area contributed by atoms with Crippen LogP contribution in [-0.4, -0.2) is 6.29 Å². The van der Waals surface area contributed by atoms with Crippen molar-refractivity contribution in [3.8, 4) is 0 Å². The van der Waals surface area contributed by atoms with Crippen LogP contribution < -0.4 is 0 Å². The zero-order valence-corrected chi connectivity index (χ0v) is 8.18. The number of aldehydes is 1. The lowest BCUT2D eigenvalue weighted by molar-refractivity contribution is -0.118. The molecule has 0 aliphatic rings. The van der Waals surface area contributed by atoms with Crippen LogP contribution in [0.3, 0.4) is 0 Å². The van der Waals surface area contributed by atoms with E-state index in [-0.39, 0.29) is 5.41 Å². The molecular formula is C10H20O. The third-order valence-corrected chi connectivity index (χ3v) is 2.88. The summed E-state index contributed by atoms with van der Waals surface area (Å²) in [7, 11) is 0. The molecule has 0 fully saturated rings. The summed E-state index contributed by atoms with van der Waals surface area (Å²) in [5.41, 5.74) is -0.0873. The van der Waals surface area contributed by atoms with Crippen molar-refractivity contribution in [2.45, 2.75) is 47.0 Å². The summed E-state index contributed by atoms with van der Waals surface area (Å²) < 4.78 is 0. The molecule has 0 heterocycles. The third kappa shape index (κ3) is 2.64. The highest BCUT2D eigenvalue weighted by Gasteiger charge is 2.27. The van der Waals surface area contributed by atoms with Crippen molar-refractivity contribution in [2.24, 2.45) is 11.3 Å². The van der Waals surface area contributed by atoms with Gasteiger partial charge in [0.2, 0.25) is 0 Å². The number of carbonyl (C=O) groups is 1. The van der Waals surface area contributed by atoms with Gasteiger partial charge in [0.25, 0.3) is 0 Å². The van der Waals surface area contributed by atoms with Gasteiger partial charge in [-0.1, -0.05) is 40.5 Å². The first-order chi connectivity index (χ1) is 5.10. The van der Waals surface area contributed by atoms with Gasteiger partial charge in [0, 0.05) is 5.41 Å². The van der Waals surface area contributed by atoms with Gasteiger partial charge in [-0.05, 0) is 12.3 Å². The van der Waals surface area contributed by atoms with Crippen LogP contribution in [0.5, 0.6) is 0 Å². The van der Waals surface area contributed by atoms with E-state index in [4.69, 9.17) is 0 Å². The summed E-state index contributed by atoms with van der Waals surface area (Å²) in [5.74, 6) is 0.523. The molecule has 66 valence electrons. The van der Waals surface area contributed by atoms with E-state index >= 15 is 0 Å². The zero-order chi connectivity index (χ0) is 8.91. The number of hydrogen-bond donors (Lipinski definition) is 0. The van der Waals surface area contributed by atoms with Gasteiger partial charge in [0.1, 0.15) is 6.29 Å². The maximum Gasteiger partial charge on any atom is 0.126 e. The minimum absolute atomic E-state index is 0.0873. The molecule has 0 aliphatic heterocycles. The minimum atomic E-state index is -0.0873. The van der Waals surface area contributed by atoms with E-state index in [9.17, 15) is 4.79 Å². The molecule has 0 radical (unpaired) electrons. The van der Waals surface area contributed by atoms with E-state index < -0.39 is 0 Å². The highest BCUT2D eigenvalue weighted by atomic mass is 16.1. The second kappa shape index (κ2) is 4.53. The third-order valence-electron chi connectivity index (χ3n) is 2.88. The van der Waals surface area contributed by atoms with Crippen molar-refractivity contribution in [1.29, 1.82) is 0 Å². The predicted molar refractivity (Wildman–Crippen MR) is 48.5 cm³/mol. The fourth-order valence-corrected chi connectivity index (χ4v) is 1.31. The van der Waals surface area contributed by atoms with Gasteiger partial charge in [-0.25, -0.2) is 0 Å². The lowest BCUT2D eigenvalue weighted by Gasteiger charge is -2.28. The van der Waals surface area contributed by atoms with Gasteiger partial charge in [-0.15, -0.1) is 0 Å². The Morgan fingerprint density at radius 1 is 1.45 bits per heavy atom. The Balaban J connectivity index is 4.11. The molecule has 11 heavy (non-hydrogen) atoms. The summed E-state index contributed by atoms with van der Waals surface area (Å²) in [6.07, 6.45) is 4.40. The van der Waals surface area contributed by atoms with E-state index in [1.807, 2.05) is 0 Å². The molecule has 0 aliphatic carbocycles. The molecule has 0 rings (SSSR count). The molecule has 2 unspecified atom stereocenters. The zero-order valence-electron chi connectivity index (χ0n) is 8.18. The molecule has 1 heteroatoms. The Morgan fingerprint density at radius 2 is 2.00 bits per heavy atom. The van der Waals surface area contributed by atoms with Crippen LogP contribution in [0.2, 0.25) is 0 Å². The fourth-order valence-electron chi connectivity index (χ4n) is 1.31. The molecule has 1 nitrogen and oxygen atoms in total. The Bertz CT molecular complexity index is 120. The largest absolute Gasteiger partial charge is 0.303 e. The average molecular weight is 156 g/mol. The minimum Gasteiger partial charge on any atom is -0.303 e. The summed E-state index contributed by atoms with van der Waals surface area (Å²) in [5, 5.41) is 0. The van der Waals surface area contributed by atoms with Gasteiger partial charge in [0.15, 0.2) is 0 Å². The van der Waals surface area contributed by atoms with Crippen LogP contribution in [0, 0.1) is 11.3 Å². The predicted octanol–water partition coefficient (Wildman–Crippen LogP) is 3.04. The Labute approximate surface area is 70.2 Å². The van der Waals surface area contributed by atoms with Gasteiger partial charge < -0.3 is 4.79 Å². The number of hydrogen-bond acceptors (Lipinski definition) is 1. The SMILES string of the molecule is CCCC(C)C(C)(C=O)CC. The summed E-state index contributed by atoms with van der Waals surface area (Å²) in [6, 6.07) is 0. The lowest BCUT2D eigenvalue weighted by Crippen LogP contribution is -2.26. The molecule has 0 saturated carbocycles. The molecular weight excluding hydrogens is 136 g/mol. The first kappa shape index (κ1) is 10.7. The molecule has 0 aromatic rings. The first-order valence-corrected chi connectivity index (χ1v) is 4.57. The standard InChI is InChI=1S/C10H20O/c1-5-7-9(3)10(4,6-2)8-11/h8-9H,5-7H2,1-4H3. The van der Waals surface area contributed by atoms with E-state index in [1.165, 1.54) is 6.42 Å². The van der Waals surface area contributed by atoms with Gasteiger partial charge in [0.05, 0.1) is 0 Å². The van der Waals surface area contributed by atoms with E-state index in [1.54, 1.807) is 0 Å². The van der Waals surface area contributed by atoms with Crippen molar-refractivity contribution in [3.63, 3.8) is 0 Å². The monoisotopic (exact) mass is 156 g/mol. The molecule has 0 amide bonds. The second-order valence-electron chi connectivity index (χ2n) is 3.67. The quantitative estimate of drug-likeness (QED) is 0.559. The smallest absolute Gasteiger partial charge is 0.126 e. The van der Waals surface area contributed by atoms with E-state index in [0.29, 0.717) is 5.92 Å². The number of rotatable bonds is 5. The Hall–Kier alpha value is -0.330. The van der Waals surface area contributed by atoms with Crippen molar-refractivity contribution in [3.05, 3.63) is 0 Å². The second-order valence-corrected chi connectivity index (χ2v) is 3.67. The molecule has 0 aromatic carbocycles. The Morgan fingerprint density at radius 3 is 2.27 bits per heavy atom. The van der Waals surface area contributed by atoms with E-state index in [0.717, 1.165) is 19.1 Å². The lowest BCUT2D eigenvalue weighted by atomic mass is 9.75. The maximum absolute atomic E-state index is 10.8. The number of carbonyl (C=O) groups excluding carboxylic acids is 1. The van der Waals surface area contributed by atoms with Crippen LogP contribution >= 0.6 is 0 Å². The topological polar surface area (TPSA) is 17.1 Å². The molecule has 0 N–H and O–H groups in total. The Kier molecular flexibility index (Phi) is 4.39. The van der Waals surface area contributed by atoms with Crippen molar-refractivity contribution < 1.29 is 4.79 Å². The average Bonchev–Trinajstić information content (AvgIpc) is 2.03. The highest BCUT2D eigenvalue weighted by Crippen LogP contribution is 2.31. The molecule has 0 saturated heterocycles. The van der Waals surface area contributed by atoms with Crippen molar-refractivity contribution in [2.75, 3.05) is 0 Å². The summed E-state index contributed by atoms with van der Waals surface area (Å²) in [6.45, 7) is 8.47. The van der Waals surface area contributed by atoms with Crippen LogP contribution in [0.4, 0.5) is 0 Å². The van der Waals surface area contributed by atoms with Gasteiger partial charge in [-0.2, -0.15) is 0 Å². The molecule has 0 spiro atoms. The molecule has 0 aromatic heterocycles. The van der Waals surface area contributed by atoms with Crippen LogP contribution in [-0.2, 0) is 4.79 Å². The summed E-state index contributed by atoms with van der Waals surface area (Å²) >= 11 is 0.